The molecule has 2 aromatic carbocycles. The van der Waals surface area contributed by atoms with Gasteiger partial charge in [0.1, 0.15) is 0 Å². The maximum absolute atomic E-state index is 12.5. The van der Waals surface area contributed by atoms with Gasteiger partial charge in [0, 0.05) is 29.9 Å². The molecule has 1 saturated heterocycles. The Morgan fingerprint density at radius 3 is 2.15 bits per heavy atom. The summed E-state index contributed by atoms with van der Waals surface area (Å²) in [6.07, 6.45) is 6.78. The van der Waals surface area contributed by atoms with Crippen molar-refractivity contribution in [2.45, 2.75) is 38.5 Å². The van der Waals surface area contributed by atoms with Gasteiger partial charge in [0.15, 0.2) is 0 Å². The lowest BCUT2D eigenvalue weighted by Gasteiger charge is -2.17. The van der Waals surface area contributed by atoms with E-state index in [1.54, 1.807) is 24.3 Å². The molecule has 2 aliphatic rings. The van der Waals surface area contributed by atoms with Crippen LogP contribution in [0.2, 0.25) is 0 Å². The molecule has 0 aromatic heterocycles. The highest BCUT2D eigenvalue weighted by atomic mass is 16.2. The van der Waals surface area contributed by atoms with Crippen LogP contribution in [0.15, 0.2) is 42.5 Å². The Morgan fingerprint density at radius 1 is 0.769 bits per heavy atom. The molecule has 0 bridgehead atoms. The fraction of sp³-hybridized carbons (Fsp3) is 0.364. The normalized spacial score (nSPS) is 16.2. The summed E-state index contributed by atoms with van der Waals surface area (Å²) in [5.74, 6) is -0.0212. The first-order chi connectivity index (χ1) is 12.7. The third kappa shape index (κ3) is 3.50. The third-order valence-corrected chi connectivity index (χ3v) is 5.39. The predicted octanol–water partition coefficient (Wildman–Crippen LogP) is 4.05. The van der Waals surface area contributed by atoms with Crippen LogP contribution in [0.3, 0.4) is 0 Å². The summed E-state index contributed by atoms with van der Waals surface area (Å²) in [4.78, 5) is 26.8. The van der Waals surface area contributed by atoms with E-state index < -0.39 is 0 Å². The summed E-state index contributed by atoms with van der Waals surface area (Å²) >= 11 is 0. The van der Waals surface area contributed by atoms with E-state index >= 15 is 0 Å². The van der Waals surface area contributed by atoms with Crippen LogP contribution in [0.25, 0.3) is 0 Å². The van der Waals surface area contributed by atoms with Gasteiger partial charge in [-0.15, -0.1) is 0 Å². The molecule has 26 heavy (non-hydrogen) atoms. The smallest absolute Gasteiger partial charge is 0.255 e. The van der Waals surface area contributed by atoms with Gasteiger partial charge in [-0.3, -0.25) is 9.59 Å². The highest BCUT2D eigenvalue weighted by molar-refractivity contribution is 6.04. The highest BCUT2D eigenvalue weighted by Crippen LogP contribution is 2.23. The van der Waals surface area contributed by atoms with Gasteiger partial charge in [-0.2, -0.15) is 0 Å². The molecule has 0 saturated carbocycles. The van der Waals surface area contributed by atoms with E-state index in [0.29, 0.717) is 16.8 Å². The standard InChI is InChI=1S/C22H24N2O2/c25-21(19-8-7-16-5-1-2-6-18(16)15-19)23-20-11-9-17(10-12-20)22(26)24-13-3-4-14-24/h7-12,15H,1-6,13-14H2,(H,23,25). The van der Waals surface area contributed by atoms with Crippen molar-refractivity contribution in [1.82, 2.24) is 4.90 Å². The molecule has 1 aliphatic heterocycles. The van der Waals surface area contributed by atoms with Gasteiger partial charge in [0.05, 0.1) is 0 Å². The first-order valence-electron chi connectivity index (χ1n) is 9.53. The summed E-state index contributed by atoms with van der Waals surface area (Å²) in [5, 5.41) is 2.94. The topological polar surface area (TPSA) is 49.4 Å². The zero-order valence-electron chi connectivity index (χ0n) is 15.0. The van der Waals surface area contributed by atoms with Gasteiger partial charge in [-0.05, 0) is 86.1 Å². The minimum Gasteiger partial charge on any atom is -0.339 e. The maximum atomic E-state index is 12.5. The molecule has 1 aliphatic carbocycles. The lowest BCUT2D eigenvalue weighted by molar-refractivity contribution is 0.0792. The van der Waals surface area contributed by atoms with Crippen LogP contribution < -0.4 is 5.32 Å². The second-order valence-corrected chi connectivity index (χ2v) is 7.22. The van der Waals surface area contributed by atoms with E-state index in [9.17, 15) is 9.59 Å². The van der Waals surface area contributed by atoms with E-state index in [1.165, 1.54) is 24.0 Å². The fourth-order valence-electron chi connectivity index (χ4n) is 3.88. The van der Waals surface area contributed by atoms with E-state index in [-0.39, 0.29) is 11.8 Å². The van der Waals surface area contributed by atoms with Crippen LogP contribution in [-0.2, 0) is 12.8 Å². The second kappa shape index (κ2) is 7.32. The number of benzene rings is 2. The number of hydrogen-bond acceptors (Lipinski definition) is 2. The Morgan fingerprint density at radius 2 is 1.42 bits per heavy atom. The molecule has 1 heterocycles. The van der Waals surface area contributed by atoms with Crippen LogP contribution >= 0.6 is 0 Å². The van der Waals surface area contributed by atoms with E-state index in [1.807, 2.05) is 17.0 Å². The number of carbonyl (C=O) groups excluding carboxylic acids is 2. The van der Waals surface area contributed by atoms with Gasteiger partial charge in [-0.25, -0.2) is 0 Å². The van der Waals surface area contributed by atoms with Gasteiger partial charge >= 0.3 is 0 Å². The minimum absolute atomic E-state index is 0.0788. The van der Waals surface area contributed by atoms with Crippen LogP contribution in [0.1, 0.15) is 57.5 Å². The molecular weight excluding hydrogens is 324 g/mol. The lowest BCUT2D eigenvalue weighted by Crippen LogP contribution is -2.27. The van der Waals surface area contributed by atoms with E-state index in [0.717, 1.165) is 38.8 Å². The molecule has 4 heteroatoms. The van der Waals surface area contributed by atoms with Crippen molar-refractivity contribution in [3.05, 3.63) is 64.7 Å². The summed E-state index contributed by atoms with van der Waals surface area (Å²) in [7, 11) is 0. The Labute approximate surface area is 154 Å². The average molecular weight is 348 g/mol. The average Bonchev–Trinajstić information content (AvgIpc) is 3.22. The largest absolute Gasteiger partial charge is 0.339 e. The third-order valence-electron chi connectivity index (χ3n) is 5.39. The molecule has 4 nitrogen and oxygen atoms in total. The molecule has 0 unspecified atom stereocenters. The van der Waals surface area contributed by atoms with Crippen molar-refractivity contribution in [3.8, 4) is 0 Å². The van der Waals surface area contributed by atoms with Crippen molar-refractivity contribution in [2.75, 3.05) is 18.4 Å². The minimum atomic E-state index is -0.100. The Balaban J connectivity index is 1.43. The van der Waals surface area contributed by atoms with Crippen molar-refractivity contribution < 1.29 is 9.59 Å². The quantitative estimate of drug-likeness (QED) is 0.909. The number of fused-ring (bicyclic) bond motifs is 1. The van der Waals surface area contributed by atoms with Crippen molar-refractivity contribution >= 4 is 17.5 Å². The molecule has 134 valence electrons. The Kier molecular flexibility index (Phi) is 4.74. The van der Waals surface area contributed by atoms with Crippen LogP contribution in [0.4, 0.5) is 5.69 Å². The number of carbonyl (C=O) groups is 2. The van der Waals surface area contributed by atoms with Gasteiger partial charge in [0.2, 0.25) is 0 Å². The monoisotopic (exact) mass is 348 g/mol. The van der Waals surface area contributed by atoms with Gasteiger partial charge in [-0.1, -0.05) is 6.07 Å². The van der Waals surface area contributed by atoms with Crippen molar-refractivity contribution in [3.63, 3.8) is 0 Å². The molecule has 1 N–H and O–H groups in total. The van der Waals surface area contributed by atoms with Crippen molar-refractivity contribution in [1.29, 1.82) is 0 Å². The van der Waals surface area contributed by atoms with Crippen molar-refractivity contribution in [2.24, 2.45) is 0 Å². The van der Waals surface area contributed by atoms with Crippen LogP contribution in [-0.4, -0.2) is 29.8 Å². The Bertz CT molecular complexity index is 821. The molecule has 0 radical (unpaired) electrons. The molecule has 0 spiro atoms. The fourth-order valence-corrected chi connectivity index (χ4v) is 3.88. The Hall–Kier alpha value is -2.62. The number of rotatable bonds is 3. The summed E-state index contributed by atoms with van der Waals surface area (Å²) in [6.45, 7) is 1.69. The first-order valence-corrected chi connectivity index (χ1v) is 9.53. The zero-order chi connectivity index (χ0) is 17.9. The number of amides is 2. The van der Waals surface area contributed by atoms with Gasteiger partial charge in [0.25, 0.3) is 11.8 Å². The number of aryl methyl sites for hydroxylation is 2. The van der Waals surface area contributed by atoms with Crippen LogP contribution in [0.5, 0.6) is 0 Å². The molecule has 2 amide bonds. The number of anilines is 1. The predicted molar refractivity (Wildman–Crippen MR) is 103 cm³/mol. The zero-order valence-corrected chi connectivity index (χ0v) is 15.0. The molecular formula is C22H24N2O2. The molecule has 0 atom stereocenters. The molecule has 1 fully saturated rings. The van der Waals surface area contributed by atoms with Crippen LogP contribution in [0, 0.1) is 0 Å². The maximum Gasteiger partial charge on any atom is 0.255 e. The second-order valence-electron chi connectivity index (χ2n) is 7.22. The molecule has 4 rings (SSSR count). The number of nitrogens with zero attached hydrogens (tertiary/aromatic N) is 1. The summed E-state index contributed by atoms with van der Waals surface area (Å²) < 4.78 is 0. The highest BCUT2D eigenvalue weighted by Gasteiger charge is 2.19. The lowest BCUT2D eigenvalue weighted by atomic mass is 9.90. The van der Waals surface area contributed by atoms with Gasteiger partial charge < -0.3 is 10.2 Å². The first kappa shape index (κ1) is 16.8. The SMILES string of the molecule is O=C(Nc1ccc(C(=O)N2CCCC2)cc1)c1ccc2c(c1)CCCC2. The summed E-state index contributed by atoms with van der Waals surface area (Å²) in [5.41, 5.74) is 4.76. The number of nitrogens with one attached hydrogen (secondary N) is 1. The summed E-state index contributed by atoms with van der Waals surface area (Å²) in [6, 6.07) is 13.2. The molecule has 2 aromatic rings. The van der Waals surface area contributed by atoms with E-state index in [4.69, 9.17) is 0 Å². The number of hydrogen-bond donors (Lipinski definition) is 1. The van der Waals surface area contributed by atoms with E-state index in [2.05, 4.69) is 11.4 Å². The number of likely N-dealkylation sites (tertiary alicyclic amines) is 1.